The fourth-order valence-corrected chi connectivity index (χ4v) is 0.400. The minimum atomic E-state index is -0.229. The van der Waals surface area contributed by atoms with Crippen LogP contribution in [0.3, 0.4) is 0 Å². The van der Waals surface area contributed by atoms with Gasteiger partial charge in [-0.15, -0.1) is 0 Å². The Hall–Kier alpha value is -0.120. The summed E-state index contributed by atoms with van der Waals surface area (Å²) in [5.41, 5.74) is 0. The Morgan fingerprint density at radius 2 is 1.78 bits per heavy atom. The number of hydrogen-bond acceptors (Lipinski definition) is 3. The van der Waals surface area contributed by atoms with Gasteiger partial charge in [-0.2, -0.15) is 0 Å². The minimum Gasteiger partial charge on any atom is -0.391 e. The molecule has 0 heterocycles. The van der Waals surface area contributed by atoms with Crippen LogP contribution in [0, 0.1) is 0 Å². The molecule has 56 valence electrons. The lowest BCUT2D eigenvalue weighted by Crippen LogP contribution is -2.16. The third-order valence-electron chi connectivity index (χ3n) is 0.705. The van der Waals surface area contributed by atoms with E-state index in [9.17, 15) is 0 Å². The maximum absolute atomic E-state index is 6.49. The summed E-state index contributed by atoms with van der Waals surface area (Å²) in [6.45, 7) is 4.19. The van der Waals surface area contributed by atoms with Crippen LogP contribution in [0.2, 0.25) is 0 Å². The highest BCUT2D eigenvalue weighted by Crippen LogP contribution is 1.85. The summed E-state index contributed by atoms with van der Waals surface area (Å²) < 4.78 is 18.0. The van der Waals surface area contributed by atoms with Crippen LogP contribution < -0.4 is 0 Å². The molecule has 0 aromatic carbocycles. The average Bonchev–Trinajstić information content (AvgIpc) is 2.04. The van der Waals surface area contributed by atoms with Crippen LogP contribution in [-0.2, 0) is 4.74 Å². The van der Waals surface area contributed by atoms with E-state index in [0.717, 1.165) is 0 Å². The smallest absolute Gasteiger partial charge is 0.211 e. The van der Waals surface area contributed by atoms with E-state index in [1.54, 1.807) is 13.8 Å². The number of rotatable bonds is 6. The monoisotopic (exact) mass is 138 g/mol. The minimum absolute atomic E-state index is 0.229. The van der Waals surface area contributed by atoms with Gasteiger partial charge in [0.05, 0.1) is 25.4 Å². The van der Waals surface area contributed by atoms with Gasteiger partial charge in [0.15, 0.2) is 0 Å². The molecule has 2 unspecified atom stereocenters. The second kappa shape index (κ2) is 4.73. The highest BCUT2D eigenvalue weighted by molar-refractivity contribution is 4.44. The maximum atomic E-state index is 6.49. The molecule has 0 aliphatic carbocycles. The topological polar surface area (TPSA) is 49.7 Å². The molecular formula is C6H14O3. The van der Waals surface area contributed by atoms with Crippen molar-refractivity contribution in [2.45, 2.75) is 26.1 Å². The Balaban J connectivity index is 3.13. The van der Waals surface area contributed by atoms with Crippen molar-refractivity contribution in [2.24, 2.45) is 0 Å². The van der Waals surface area contributed by atoms with E-state index in [1.807, 2.05) is 0 Å². The molecule has 0 aliphatic heterocycles. The van der Waals surface area contributed by atoms with Gasteiger partial charge in [0.25, 0.3) is 0 Å². The molecule has 3 nitrogen and oxygen atoms in total. The maximum Gasteiger partial charge on any atom is 0.211 e. The summed E-state index contributed by atoms with van der Waals surface area (Å²) in [7, 11) is 0. The van der Waals surface area contributed by atoms with Crippen LogP contribution >= 0.6 is 0 Å². The summed E-state index contributed by atoms with van der Waals surface area (Å²) >= 11 is 0. The molecule has 0 saturated heterocycles. The molecule has 0 aliphatic rings. The summed E-state index contributed by atoms with van der Waals surface area (Å²) in [4.78, 5) is 0. The summed E-state index contributed by atoms with van der Waals surface area (Å²) in [5, 5.41) is 8.41. The second-order valence-corrected chi connectivity index (χ2v) is 2.16. The van der Waals surface area contributed by atoms with Crippen molar-refractivity contribution in [1.82, 2.24) is 0 Å². The number of ether oxygens (including phenoxy) is 1. The second-order valence-electron chi connectivity index (χ2n) is 2.16. The molecule has 2 N–H and O–H groups in total. The van der Waals surface area contributed by atoms with Crippen LogP contribution in [0.5, 0.6) is 0 Å². The Morgan fingerprint density at radius 1 is 1.33 bits per heavy atom. The zero-order valence-electron chi connectivity index (χ0n) is 7.79. The van der Waals surface area contributed by atoms with Gasteiger partial charge in [-0.1, -0.05) is 0 Å². The molecule has 3 heteroatoms. The molecule has 0 spiro atoms. The van der Waals surface area contributed by atoms with E-state index < -0.39 is 0 Å². The fraction of sp³-hybridized carbons (Fsp3) is 1.00. The molecule has 0 rings (SSSR count). The van der Waals surface area contributed by atoms with Crippen LogP contribution in [0.1, 0.15) is 13.8 Å². The van der Waals surface area contributed by atoms with Gasteiger partial charge in [0, 0.05) is 0 Å². The van der Waals surface area contributed by atoms with Crippen LogP contribution in [0.4, 0.5) is 0 Å². The molecular weight excluding hydrogens is 120 g/mol. The Labute approximate surface area is 58.2 Å². The molecule has 0 fully saturated rings. The van der Waals surface area contributed by atoms with E-state index in [0.29, 0.717) is 13.2 Å². The molecule has 0 aromatic rings. The quantitative estimate of drug-likeness (QED) is 0.533. The van der Waals surface area contributed by atoms with Crippen molar-refractivity contribution in [2.75, 3.05) is 13.2 Å². The molecule has 0 amide bonds. The summed E-state index contributed by atoms with van der Waals surface area (Å²) in [5.74, 6) is 0. The van der Waals surface area contributed by atoms with Gasteiger partial charge in [-0.05, 0) is 13.8 Å². The van der Waals surface area contributed by atoms with E-state index >= 15 is 0 Å². The molecule has 9 heavy (non-hydrogen) atoms. The Morgan fingerprint density at radius 3 is 2.11 bits per heavy atom. The van der Waals surface area contributed by atoms with E-state index in [4.69, 9.17) is 7.60 Å². The van der Waals surface area contributed by atoms with Crippen molar-refractivity contribution in [3.63, 3.8) is 0 Å². The van der Waals surface area contributed by atoms with Gasteiger partial charge in [-0.25, -0.2) is 0 Å². The molecule has 0 aromatic heterocycles. The standard InChI is InChI=1S/C6H14O3/c1-5(7)3-9-4-6(2)8/h5-8H,3-4H2,1-2H3/i7T,8T. The lowest BCUT2D eigenvalue weighted by Gasteiger charge is -2.06. The van der Waals surface area contributed by atoms with Crippen LogP contribution in [0.15, 0.2) is 0 Å². The van der Waals surface area contributed by atoms with E-state index in [-0.39, 0.29) is 12.2 Å². The summed E-state index contributed by atoms with van der Waals surface area (Å²) in [6.07, 6.45) is -0.458. The third kappa shape index (κ3) is 7.88. The van der Waals surface area contributed by atoms with Crippen molar-refractivity contribution < 1.29 is 15.0 Å². The third-order valence-corrected chi connectivity index (χ3v) is 0.705. The normalized spacial score (nSPS) is 20.2. The lowest BCUT2D eigenvalue weighted by atomic mass is 10.4. The van der Waals surface area contributed by atoms with Crippen LogP contribution in [-0.4, -0.2) is 38.5 Å². The predicted octanol–water partition coefficient (Wildman–Crippen LogP) is -0.235. The number of aliphatic hydroxyl groups excluding tert-OH is 2. The predicted molar refractivity (Wildman–Crippen MR) is 34.2 cm³/mol. The highest BCUT2D eigenvalue weighted by Gasteiger charge is 1.97. The first-order chi connectivity index (χ1) is 5.20. The van der Waals surface area contributed by atoms with Gasteiger partial charge in [0.1, 0.15) is 0 Å². The van der Waals surface area contributed by atoms with Crippen molar-refractivity contribution in [3.05, 3.63) is 0 Å². The fourth-order valence-electron chi connectivity index (χ4n) is 0.400. The molecule has 2 atom stereocenters. The SMILES string of the molecule is [3H]OC(C)COCC(C)O[3H]. The first kappa shape index (κ1) is 5.65. The van der Waals surface area contributed by atoms with Gasteiger partial charge < -0.3 is 15.0 Å². The molecule has 0 bridgehead atoms. The number of hydrogen-bond donors (Lipinski definition) is 2. The van der Waals surface area contributed by atoms with Crippen molar-refractivity contribution >= 4 is 0 Å². The van der Waals surface area contributed by atoms with Gasteiger partial charge >= 0.3 is 0 Å². The zero-order valence-corrected chi connectivity index (χ0v) is 5.79. The molecule has 0 saturated carbocycles. The number of aliphatic hydroxyl groups is 2. The van der Waals surface area contributed by atoms with E-state index in [2.05, 4.69) is 10.2 Å². The molecule has 0 radical (unpaired) electrons. The Bertz CT molecular complexity index is 81.9. The first-order valence-electron chi connectivity index (χ1n) is 3.84. The summed E-state index contributed by atoms with van der Waals surface area (Å²) in [6, 6.07) is 0. The van der Waals surface area contributed by atoms with Crippen LogP contribution in [0.25, 0.3) is 0 Å². The largest absolute Gasteiger partial charge is 0.391 e. The van der Waals surface area contributed by atoms with Gasteiger partial charge in [0.2, 0.25) is 2.86 Å². The first-order valence-corrected chi connectivity index (χ1v) is 3.02. The highest BCUT2D eigenvalue weighted by atomic mass is 16.5. The van der Waals surface area contributed by atoms with E-state index in [1.165, 1.54) is 0 Å². The van der Waals surface area contributed by atoms with Crippen molar-refractivity contribution in [1.29, 1.82) is 2.86 Å². The Kier molecular flexibility index (Phi) is 2.97. The zero-order chi connectivity index (χ0) is 8.69. The lowest BCUT2D eigenvalue weighted by molar-refractivity contribution is 0.00392. The average molecular weight is 138 g/mol. The van der Waals surface area contributed by atoms with Crippen molar-refractivity contribution in [3.8, 4) is 0 Å². The van der Waals surface area contributed by atoms with Gasteiger partial charge in [-0.3, -0.25) is 0 Å².